The lowest BCUT2D eigenvalue weighted by Crippen LogP contribution is -2.52. The normalized spacial score (nSPS) is 28.1. The summed E-state index contributed by atoms with van der Waals surface area (Å²) in [6.45, 7) is 2.42. The molecular formula is C15H20ClNO2. The van der Waals surface area contributed by atoms with E-state index < -0.39 is 0 Å². The Labute approximate surface area is 119 Å². The Balaban J connectivity index is 1.78. The monoisotopic (exact) mass is 281 g/mol. The van der Waals surface area contributed by atoms with E-state index in [1.807, 2.05) is 6.07 Å². The number of aromatic hydroxyl groups is 1. The lowest BCUT2D eigenvalue weighted by atomic mass is 9.90. The largest absolute Gasteiger partial charge is 0.508 e. The zero-order valence-electron chi connectivity index (χ0n) is 11.0. The molecule has 2 fully saturated rings. The Morgan fingerprint density at radius 2 is 2.16 bits per heavy atom. The summed E-state index contributed by atoms with van der Waals surface area (Å²) in [5.74, 6) is 0.298. The Morgan fingerprint density at radius 3 is 3.00 bits per heavy atom. The first-order valence-corrected chi connectivity index (χ1v) is 7.45. The van der Waals surface area contributed by atoms with Gasteiger partial charge >= 0.3 is 0 Å². The topological polar surface area (TPSA) is 32.7 Å². The summed E-state index contributed by atoms with van der Waals surface area (Å²) in [6.07, 6.45) is 5.26. The molecule has 3 nitrogen and oxygen atoms in total. The molecule has 2 unspecified atom stereocenters. The van der Waals surface area contributed by atoms with Gasteiger partial charge in [0, 0.05) is 29.7 Å². The second kappa shape index (κ2) is 5.70. The summed E-state index contributed by atoms with van der Waals surface area (Å²) in [4.78, 5) is 2.42. The minimum Gasteiger partial charge on any atom is -0.508 e. The summed E-state index contributed by atoms with van der Waals surface area (Å²) in [7, 11) is 0. The van der Waals surface area contributed by atoms with Crippen molar-refractivity contribution in [2.45, 2.75) is 44.4 Å². The van der Waals surface area contributed by atoms with Gasteiger partial charge in [0.25, 0.3) is 0 Å². The van der Waals surface area contributed by atoms with Crippen LogP contribution in [-0.4, -0.2) is 35.3 Å². The maximum Gasteiger partial charge on any atom is 0.121 e. The molecule has 1 aliphatic heterocycles. The third kappa shape index (κ3) is 2.73. The average Bonchev–Trinajstić information content (AvgIpc) is 2.43. The molecule has 2 aliphatic rings. The van der Waals surface area contributed by atoms with Gasteiger partial charge in [0.1, 0.15) is 5.75 Å². The number of fused-ring (bicyclic) bond motifs is 1. The Morgan fingerprint density at radius 1 is 1.32 bits per heavy atom. The first-order valence-electron chi connectivity index (χ1n) is 7.08. The number of nitrogens with zero attached hydrogens (tertiary/aromatic N) is 1. The molecule has 1 aromatic rings. The van der Waals surface area contributed by atoms with Crippen LogP contribution in [0.3, 0.4) is 0 Å². The van der Waals surface area contributed by atoms with Crippen LogP contribution in [0.1, 0.15) is 31.2 Å². The molecule has 0 radical (unpaired) electrons. The molecule has 1 saturated heterocycles. The number of halogens is 1. The van der Waals surface area contributed by atoms with Crippen molar-refractivity contribution >= 4 is 11.6 Å². The molecule has 1 N–H and O–H groups in total. The Kier molecular flexibility index (Phi) is 3.96. The van der Waals surface area contributed by atoms with Crippen LogP contribution in [0.25, 0.3) is 0 Å². The summed E-state index contributed by atoms with van der Waals surface area (Å²) < 4.78 is 5.87. The molecule has 4 heteroatoms. The van der Waals surface area contributed by atoms with Gasteiger partial charge in [-0.3, -0.25) is 4.90 Å². The molecule has 19 heavy (non-hydrogen) atoms. The highest BCUT2D eigenvalue weighted by Crippen LogP contribution is 2.32. The number of ether oxygens (including phenoxy) is 1. The van der Waals surface area contributed by atoms with E-state index >= 15 is 0 Å². The fraction of sp³-hybridized carbons (Fsp3) is 0.600. The zero-order valence-corrected chi connectivity index (χ0v) is 11.8. The Bertz CT molecular complexity index is 430. The van der Waals surface area contributed by atoms with Crippen molar-refractivity contribution in [3.8, 4) is 5.75 Å². The van der Waals surface area contributed by atoms with E-state index in [0.717, 1.165) is 31.7 Å². The molecule has 1 aliphatic carbocycles. The van der Waals surface area contributed by atoms with Gasteiger partial charge in [-0.25, -0.2) is 0 Å². The molecular weight excluding hydrogens is 262 g/mol. The van der Waals surface area contributed by atoms with Crippen LogP contribution in [0.4, 0.5) is 0 Å². The van der Waals surface area contributed by atoms with E-state index in [-0.39, 0.29) is 0 Å². The number of phenols is 1. The van der Waals surface area contributed by atoms with E-state index in [1.54, 1.807) is 12.1 Å². The lowest BCUT2D eigenvalue weighted by molar-refractivity contribution is -0.0912. The van der Waals surface area contributed by atoms with Crippen LogP contribution in [0.5, 0.6) is 5.75 Å². The molecule has 1 saturated carbocycles. The minimum absolute atomic E-state index is 0.298. The van der Waals surface area contributed by atoms with Gasteiger partial charge in [-0.15, -0.1) is 0 Å². The van der Waals surface area contributed by atoms with Crippen molar-refractivity contribution in [1.29, 1.82) is 0 Å². The molecule has 1 aromatic carbocycles. The maximum atomic E-state index is 9.98. The molecule has 2 atom stereocenters. The maximum absolute atomic E-state index is 9.98. The van der Waals surface area contributed by atoms with Crippen molar-refractivity contribution in [3.63, 3.8) is 0 Å². The van der Waals surface area contributed by atoms with Crippen molar-refractivity contribution in [3.05, 3.63) is 28.8 Å². The molecule has 3 rings (SSSR count). The van der Waals surface area contributed by atoms with Crippen LogP contribution in [0.2, 0.25) is 5.02 Å². The van der Waals surface area contributed by atoms with E-state index in [2.05, 4.69) is 4.90 Å². The summed E-state index contributed by atoms with van der Waals surface area (Å²) in [5, 5.41) is 10.6. The predicted octanol–water partition coefficient (Wildman–Crippen LogP) is 3.19. The van der Waals surface area contributed by atoms with Crippen molar-refractivity contribution in [2.24, 2.45) is 0 Å². The number of hydrogen-bond acceptors (Lipinski definition) is 3. The number of morpholine rings is 1. The van der Waals surface area contributed by atoms with E-state index in [0.29, 0.717) is 22.9 Å². The fourth-order valence-electron chi connectivity index (χ4n) is 3.28. The number of hydrogen-bond donors (Lipinski definition) is 1. The van der Waals surface area contributed by atoms with E-state index in [1.165, 1.54) is 19.3 Å². The second-order valence-electron chi connectivity index (χ2n) is 5.47. The molecule has 0 amide bonds. The summed E-state index contributed by atoms with van der Waals surface area (Å²) in [5.41, 5.74) is 0.843. The third-order valence-corrected chi connectivity index (χ3v) is 4.66. The van der Waals surface area contributed by atoms with Crippen molar-refractivity contribution < 1.29 is 9.84 Å². The van der Waals surface area contributed by atoms with Gasteiger partial charge in [-0.2, -0.15) is 0 Å². The van der Waals surface area contributed by atoms with Gasteiger partial charge in [0.2, 0.25) is 0 Å². The summed E-state index contributed by atoms with van der Waals surface area (Å²) >= 11 is 6.21. The first kappa shape index (κ1) is 13.2. The van der Waals surface area contributed by atoms with Gasteiger partial charge < -0.3 is 9.84 Å². The van der Waals surface area contributed by atoms with Crippen LogP contribution in [-0.2, 0) is 11.3 Å². The average molecular weight is 282 g/mol. The van der Waals surface area contributed by atoms with Crippen molar-refractivity contribution in [1.82, 2.24) is 4.90 Å². The van der Waals surface area contributed by atoms with Crippen LogP contribution >= 0.6 is 11.6 Å². The van der Waals surface area contributed by atoms with Crippen molar-refractivity contribution in [2.75, 3.05) is 13.2 Å². The predicted molar refractivity (Wildman–Crippen MR) is 75.5 cm³/mol. The second-order valence-corrected chi connectivity index (χ2v) is 5.88. The first-order chi connectivity index (χ1) is 9.25. The van der Waals surface area contributed by atoms with Gasteiger partial charge in [0.05, 0.1) is 12.7 Å². The molecule has 0 aromatic heterocycles. The van der Waals surface area contributed by atoms with Crippen LogP contribution in [0.15, 0.2) is 18.2 Å². The Hall–Kier alpha value is -0.770. The lowest BCUT2D eigenvalue weighted by Gasteiger charge is -2.44. The molecule has 0 spiro atoms. The highest BCUT2D eigenvalue weighted by Gasteiger charge is 2.34. The van der Waals surface area contributed by atoms with Crippen LogP contribution in [0, 0.1) is 0 Å². The van der Waals surface area contributed by atoms with Gasteiger partial charge in [-0.1, -0.05) is 30.5 Å². The fourth-order valence-corrected chi connectivity index (χ4v) is 3.51. The standard InChI is InChI=1S/C15H20ClNO2/c16-12-4-3-6-14(18)11(12)10-17-8-9-19-15-7-2-1-5-13(15)17/h3-4,6,13,15,18H,1-2,5,7-10H2. The highest BCUT2D eigenvalue weighted by atomic mass is 35.5. The molecule has 1 heterocycles. The van der Waals surface area contributed by atoms with E-state index in [4.69, 9.17) is 16.3 Å². The molecule has 104 valence electrons. The highest BCUT2D eigenvalue weighted by molar-refractivity contribution is 6.31. The van der Waals surface area contributed by atoms with Gasteiger partial charge in [-0.05, 0) is 25.0 Å². The number of rotatable bonds is 2. The smallest absolute Gasteiger partial charge is 0.121 e. The van der Waals surface area contributed by atoms with Gasteiger partial charge in [0.15, 0.2) is 0 Å². The SMILES string of the molecule is Oc1cccc(Cl)c1CN1CCOC2CCCCC21. The minimum atomic E-state index is 0.298. The summed E-state index contributed by atoms with van der Waals surface area (Å²) in [6, 6.07) is 5.82. The number of phenolic OH excluding ortho intramolecular Hbond substituents is 1. The zero-order chi connectivity index (χ0) is 13.2. The third-order valence-electron chi connectivity index (χ3n) is 4.30. The van der Waals surface area contributed by atoms with E-state index in [9.17, 15) is 5.11 Å². The number of benzene rings is 1. The quantitative estimate of drug-likeness (QED) is 0.904. The van der Waals surface area contributed by atoms with Crippen LogP contribution < -0.4 is 0 Å². The molecule has 0 bridgehead atoms.